The lowest BCUT2D eigenvalue weighted by Gasteiger charge is -2.04. The van der Waals surface area contributed by atoms with E-state index in [1.165, 1.54) is 11.3 Å². The minimum atomic E-state index is 0.501. The van der Waals surface area contributed by atoms with Crippen LogP contribution in [0.2, 0.25) is 0 Å². The molecule has 0 saturated heterocycles. The molecule has 0 aliphatic heterocycles. The monoisotopic (exact) mass is 207 g/mol. The number of hydrogen-bond acceptors (Lipinski definition) is 5. The van der Waals surface area contributed by atoms with E-state index in [9.17, 15) is 0 Å². The van der Waals surface area contributed by atoms with E-state index in [0.717, 1.165) is 5.56 Å². The second-order valence-electron chi connectivity index (χ2n) is 2.85. The van der Waals surface area contributed by atoms with E-state index >= 15 is 0 Å². The van der Waals surface area contributed by atoms with Crippen molar-refractivity contribution in [2.24, 2.45) is 0 Å². The molecular formula is C9H9N3OS. The molecule has 0 saturated carbocycles. The van der Waals surface area contributed by atoms with E-state index in [0.29, 0.717) is 16.6 Å². The molecule has 0 radical (unpaired) electrons. The van der Waals surface area contributed by atoms with Crippen LogP contribution in [-0.4, -0.2) is 10.2 Å². The highest BCUT2D eigenvalue weighted by Crippen LogP contribution is 2.28. The summed E-state index contributed by atoms with van der Waals surface area (Å²) in [5, 5.41) is 7.93. The molecule has 4 nitrogen and oxygen atoms in total. The zero-order valence-corrected chi connectivity index (χ0v) is 8.41. The molecule has 5 heteroatoms. The number of hydrogen-bond donors (Lipinski definition) is 1. The van der Waals surface area contributed by atoms with Gasteiger partial charge in [-0.2, -0.15) is 0 Å². The summed E-state index contributed by atoms with van der Waals surface area (Å²) in [5.41, 5.74) is 9.10. The minimum Gasteiger partial charge on any atom is -0.428 e. The van der Waals surface area contributed by atoms with E-state index in [1.54, 1.807) is 5.51 Å². The average Bonchev–Trinajstić information content (AvgIpc) is 2.62. The highest BCUT2D eigenvalue weighted by atomic mass is 32.1. The van der Waals surface area contributed by atoms with Crippen molar-refractivity contribution >= 4 is 17.0 Å². The van der Waals surface area contributed by atoms with Gasteiger partial charge in [-0.05, 0) is 24.6 Å². The summed E-state index contributed by atoms with van der Waals surface area (Å²) >= 11 is 1.33. The first kappa shape index (κ1) is 8.96. The normalized spacial score (nSPS) is 10.1. The molecule has 0 spiro atoms. The number of aromatic nitrogens is 2. The van der Waals surface area contributed by atoms with E-state index < -0.39 is 0 Å². The van der Waals surface area contributed by atoms with Crippen molar-refractivity contribution in [3.8, 4) is 10.9 Å². The van der Waals surface area contributed by atoms with Gasteiger partial charge in [0, 0.05) is 0 Å². The van der Waals surface area contributed by atoms with Gasteiger partial charge in [-0.1, -0.05) is 22.5 Å². The molecule has 14 heavy (non-hydrogen) atoms. The van der Waals surface area contributed by atoms with Crippen molar-refractivity contribution in [1.82, 2.24) is 10.2 Å². The Morgan fingerprint density at radius 2 is 2.29 bits per heavy atom. The lowest BCUT2D eigenvalue weighted by molar-refractivity contribution is 0.475. The number of anilines is 1. The van der Waals surface area contributed by atoms with Crippen LogP contribution >= 0.6 is 11.3 Å². The SMILES string of the molecule is Cc1ccc(Oc2nncs2)c(N)c1. The molecule has 1 aromatic carbocycles. The largest absolute Gasteiger partial charge is 0.428 e. The summed E-state index contributed by atoms with van der Waals surface area (Å²) in [4.78, 5) is 0. The predicted molar refractivity (Wildman–Crippen MR) is 55.6 cm³/mol. The average molecular weight is 207 g/mol. The fourth-order valence-corrected chi connectivity index (χ4v) is 1.48. The summed E-state index contributed by atoms with van der Waals surface area (Å²) < 4.78 is 5.42. The van der Waals surface area contributed by atoms with Crippen molar-refractivity contribution in [2.45, 2.75) is 6.92 Å². The van der Waals surface area contributed by atoms with Gasteiger partial charge in [-0.15, -0.1) is 5.10 Å². The number of benzene rings is 1. The topological polar surface area (TPSA) is 61.0 Å². The first-order valence-electron chi connectivity index (χ1n) is 4.06. The van der Waals surface area contributed by atoms with Crippen molar-refractivity contribution < 1.29 is 4.74 Å². The van der Waals surface area contributed by atoms with Crippen LogP contribution in [0, 0.1) is 6.92 Å². The van der Waals surface area contributed by atoms with Gasteiger partial charge < -0.3 is 10.5 Å². The smallest absolute Gasteiger partial charge is 0.299 e. The second-order valence-corrected chi connectivity index (χ2v) is 3.64. The molecule has 0 unspecified atom stereocenters. The second kappa shape index (κ2) is 3.63. The van der Waals surface area contributed by atoms with Crippen molar-refractivity contribution in [2.75, 3.05) is 5.73 Å². The molecule has 0 aliphatic carbocycles. The molecule has 0 atom stereocenters. The lowest BCUT2D eigenvalue weighted by atomic mass is 10.2. The highest BCUT2D eigenvalue weighted by molar-refractivity contribution is 7.11. The number of aryl methyl sites for hydroxylation is 1. The third-order valence-electron chi connectivity index (χ3n) is 1.70. The summed E-state index contributed by atoms with van der Waals surface area (Å²) in [6.07, 6.45) is 0. The van der Waals surface area contributed by atoms with Gasteiger partial charge in [0.1, 0.15) is 5.51 Å². The van der Waals surface area contributed by atoms with E-state index in [4.69, 9.17) is 10.5 Å². The van der Waals surface area contributed by atoms with Crippen molar-refractivity contribution in [3.05, 3.63) is 29.3 Å². The van der Waals surface area contributed by atoms with Crippen LogP contribution < -0.4 is 10.5 Å². The van der Waals surface area contributed by atoms with Crippen LogP contribution in [0.5, 0.6) is 10.9 Å². The van der Waals surface area contributed by atoms with Gasteiger partial charge >= 0.3 is 0 Å². The minimum absolute atomic E-state index is 0.501. The van der Waals surface area contributed by atoms with Gasteiger partial charge in [0.2, 0.25) is 0 Å². The van der Waals surface area contributed by atoms with E-state index in [1.807, 2.05) is 25.1 Å². The summed E-state index contributed by atoms with van der Waals surface area (Å²) in [6, 6.07) is 5.62. The van der Waals surface area contributed by atoms with Crippen molar-refractivity contribution in [3.63, 3.8) is 0 Å². The van der Waals surface area contributed by atoms with E-state index in [2.05, 4.69) is 10.2 Å². The quantitative estimate of drug-likeness (QED) is 0.767. The van der Waals surface area contributed by atoms with Gasteiger partial charge in [0.25, 0.3) is 5.19 Å². The Kier molecular flexibility index (Phi) is 2.32. The van der Waals surface area contributed by atoms with Crippen LogP contribution in [0.3, 0.4) is 0 Å². The zero-order chi connectivity index (χ0) is 9.97. The molecule has 0 aliphatic rings. The van der Waals surface area contributed by atoms with Crippen LogP contribution in [0.4, 0.5) is 5.69 Å². The summed E-state index contributed by atoms with van der Waals surface area (Å²) in [6.45, 7) is 1.98. The molecule has 2 N–H and O–H groups in total. The fourth-order valence-electron chi connectivity index (χ4n) is 1.06. The Balaban J connectivity index is 2.25. The van der Waals surface area contributed by atoms with Gasteiger partial charge in [0.15, 0.2) is 5.75 Å². The lowest BCUT2D eigenvalue weighted by Crippen LogP contribution is -1.92. The molecule has 0 bridgehead atoms. The standard InChI is InChI=1S/C9H9N3OS/c1-6-2-3-8(7(10)4-6)13-9-12-11-5-14-9/h2-5H,10H2,1H3. The Morgan fingerprint density at radius 1 is 1.43 bits per heavy atom. The number of nitrogens with two attached hydrogens (primary N) is 1. The maximum Gasteiger partial charge on any atom is 0.299 e. The van der Waals surface area contributed by atoms with Gasteiger partial charge in [-0.3, -0.25) is 0 Å². The molecular weight excluding hydrogens is 198 g/mol. The van der Waals surface area contributed by atoms with Gasteiger partial charge in [0.05, 0.1) is 5.69 Å². The maximum absolute atomic E-state index is 5.77. The Morgan fingerprint density at radius 3 is 2.93 bits per heavy atom. The molecule has 1 aromatic heterocycles. The van der Waals surface area contributed by atoms with Crippen molar-refractivity contribution in [1.29, 1.82) is 0 Å². The van der Waals surface area contributed by atoms with Crippen LogP contribution in [-0.2, 0) is 0 Å². The Labute approximate surface area is 85.4 Å². The highest BCUT2D eigenvalue weighted by Gasteiger charge is 2.03. The number of ether oxygens (including phenoxy) is 1. The molecule has 0 amide bonds. The molecule has 2 rings (SSSR count). The van der Waals surface area contributed by atoms with Crippen LogP contribution in [0.15, 0.2) is 23.7 Å². The Hall–Kier alpha value is -1.62. The number of nitrogens with zero attached hydrogens (tertiary/aromatic N) is 2. The fraction of sp³-hybridized carbons (Fsp3) is 0.111. The molecule has 1 heterocycles. The zero-order valence-electron chi connectivity index (χ0n) is 7.60. The van der Waals surface area contributed by atoms with Gasteiger partial charge in [-0.25, -0.2) is 0 Å². The number of rotatable bonds is 2. The molecule has 2 aromatic rings. The van der Waals surface area contributed by atoms with Crippen LogP contribution in [0.25, 0.3) is 0 Å². The molecule has 72 valence electrons. The number of nitrogen functional groups attached to an aromatic ring is 1. The first-order valence-corrected chi connectivity index (χ1v) is 4.94. The maximum atomic E-state index is 5.77. The summed E-state index contributed by atoms with van der Waals surface area (Å²) in [5.74, 6) is 0.618. The Bertz CT molecular complexity index is 428. The van der Waals surface area contributed by atoms with E-state index in [-0.39, 0.29) is 0 Å². The summed E-state index contributed by atoms with van der Waals surface area (Å²) in [7, 11) is 0. The third kappa shape index (κ3) is 1.82. The third-order valence-corrected chi connectivity index (χ3v) is 2.27. The molecule has 0 fully saturated rings. The van der Waals surface area contributed by atoms with Crippen LogP contribution in [0.1, 0.15) is 5.56 Å². The predicted octanol–water partition coefficient (Wildman–Crippen LogP) is 2.22. The first-order chi connectivity index (χ1) is 6.75.